The summed E-state index contributed by atoms with van der Waals surface area (Å²) in [6, 6.07) is 13.6. The summed E-state index contributed by atoms with van der Waals surface area (Å²) in [5.41, 5.74) is 1.94. The predicted octanol–water partition coefficient (Wildman–Crippen LogP) is 5.60. The molecule has 190 valence electrons. The molecule has 1 N–H and O–H groups in total. The topological polar surface area (TPSA) is 62.2 Å². The first-order valence-electron chi connectivity index (χ1n) is 12.8. The van der Waals surface area contributed by atoms with Gasteiger partial charge in [0.05, 0.1) is 12.3 Å². The van der Waals surface area contributed by atoms with Crippen LogP contribution in [0, 0.1) is 17.7 Å². The fraction of sp³-hybridized carbons (Fsp3) is 0.536. The molecule has 0 aromatic heterocycles. The minimum atomic E-state index is -0.833. The molecule has 2 aromatic rings. The molecular weight excluding hydrogens is 447 g/mol. The summed E-state index contributed by atoms with van der Waals surface area (Å²) < 4.78 is 26.1. The monoisotopic (exact) mass is 484 g/mol. The fourth-order valence-corrected chi connectivity index (χ4v) is 5.11. The lowest BCUT2D eigenvalue weighted by atomic mass is 10.0. The number of benzene rings is 2. The molecule has 2 saturated heterocycles. The van der Waals surface area contributed by atoms with Crippen molar-refractivity contribution >= 4 is 17.3 Å². The second-order valence-corrected chi connectivity index (χ2v) is 9.70. The molecule has 3 aliphatic rings. The maximum Gasteiger partial charge on any atom is 0.300 e. The lowest BCUT2D eigenvalue weighted by Gasteiger charge is -2.34. The molecule has 1 unspecified atom stereocenters. The van der Waals surface area contributed by atoms with Gasteiger partial charge in [-0.05, 0) is 74.4 Å². The number of nitrogens with zero attached hydrogens (tertiary/aromatic N) is 2. The van der Waals surface area contributed by atoms with Crippen LogP contribution in [-0.2, 0) is 4.79 Å². The first-order chi connectivity index (χ1) is 16.9. The van der Waals surface area contributed by atoms with Crippen molar-refractivity contribution in [1.29, 1.82) is 0 Å². The molecule has 3 fully saturated rings. The Morgan fingerprint density at radius 1 is 0.943 bits per heavy atom. The second-order valence-electron chi connectivity index (χ2n) is 9.70. The largest absolute Gasteiger partial charge is 0.494 e. The lowest BCUT2D eigenvalue weighted by Crippen LogP contribution is -2.38. The van der Waals surface area contributed by atoms with Gasteiger partial charge in [0.25, 0.3) is 5.97 Å². The van der Waals surface area contributed by atoms with Crippen LogP contribution >= 0.6 is 0 Å². The van der Waals surface area contributed by atoms with E-state index in [-0.39, 0.29) is 11.9 Å². The average Bonchev–Trinajstić information content (AvgIpc) is 3.58. The molecular formula is C28H37FN2O4. The van der Waals surface area contributed by atoms with Gasteiger partial charge in [-0.15, -0.1) is 0 Å². The summed E-state index contributed by atoms with van der Waals surface area (Å²) in [5, 5.41) is 7.42. The van der Waals surface area contributed by atoms with Gasteiger partial charge in [0.1, 0.15) is 23.4 Å². The van der Waals surface area contributed by atoms with E-state index < -0.39 is 5.97 Å². The Morgan fingerprint density at radius 2 is 1.57 bits per heavy atom. The quantitative estimate of drug-likeness (QED) is 0.552. The van der Waals surface area contributed by atoms with E-state index in [9.17, 15) is 4.39 Å². The molecule has 0 spiro atoms. The number of ether oxygens (including phenoxy) is 2. The Balaban J connectivity index is 0.000000672. The highest BCUT2D eigenvalue weighted by molar-refractivity contribution is 5.63. The molecule has 6 nitrogen and oxygen atoms in total. The lowest BCUT2D eigenvalue weighted by molar-refractivity contribution is -0.134. The molecule has 2 aliphatic heterocycles. The number of aliphatic carboxylic acids is 1. The van der Waals surface area contributed by atoms with Crippen LogP contribution in [0.3, 0.4) is 0 Å². The van der Waals surface area contributed by atoms with E-state index in [4.69, 9.17) is 19.4 Å². The van der Waals surface area contributed by atoms with E-state index >= 15 is 0 Å². The Labute approximate surface area is 207 Å². The van der Waals surface area contributed by atoms with Gasteiger partial charge < -0.3 is 24.4 Å². The highest BCUT2D eigenvalue weighted by Gasteiger charge is 2.35. The van der Waals surface area contributed by atoms with Gasteiger partial charge in [0.15, 0.2) is 0 Å². The van der Waals surface area contributed by atoms with Gasteiger partial charge in [-0.3, -0.25) is 4.79 Å². The molecule has 1 saturated carbocycles. The van der Waals surface area contributed by atoms with Crippen LogP contribution in [0.4, 0.5) is 15.8 Å². The van der Waals surface area contributed by atoms with Gasteiger partial charge in [-0.25, -0.2) is 4.39 Å². The van der Waals surface area contributed by atoms with Crippen molar-refractivity contribution < 1.29 is 23.8 Å². The third kappa shape index (κ3) is 7.03. The minimum absolute atomic E-state index is 0.172. The fourth-order valence-electron chi connectivity index (χ4n) is 5.11. The van der Waals surface area contributed by atoms with Gasteiger partial charge in [-0.1, -0.05) is 0 Å². The maximum atomic E-state index is 14.3. The average molecular weight is 485 g/mol. The molecule has 2 aromatic carbocycles. The van der Waals surface area contributed by atoms with Crippen LogP contribution in [0.25, 0.3) is 0 Å². The number of anilines is 2. The number of carboxylic acids is 1. The number of halogens is 1. The molecule has 0 bridgehead atoms. The summed E-state index contributed by atoms with van der Waals surface area (Å²) >= 11 is 0. The van der Waals surface area contributed by atoms with E-state index in [1.54, 1.807) is 6.07 Å². The van der Waals surface area contributed by atoms with Crippen molar-refractivity contribution in [1.82, 2.24) is 0 Å². The Morgan fingerprint density at radius 3 is 2.20 bits per heavy atom. The summed E-state index contributed by atoms with van der Waals surface area (Å²) in [6.07, 6.45) is 6.16. The molecule has 35 heavy (non-hydrogen) atoms. The third-order valence-corrected chi connectivity index (χ3v) is 7.03. The summed E-state index contributed by atoms with van der Waals surface area (Å²) in [5.74, 6) is 2.53. The highest BCUT2D eigenvalue weighted by atomic mass is 19.1. The van der Waals surface area contributed by atoms with Crippen LogP contribution in [0.15, 0.2) is 42.5 Å². The Hall–Kier alpha value is -2.96. The van der Waals surface area contributed by atoms with Crippen molar-refractivity contribution in [3.05, 3.63) is 48.3 Å². The maximum absolute atomic E-state index is 14.3. The first-order valence-corrected chi connectivity index (χ1v) is 12.8. The van der Waals surface area contributed by atoms with Crippen molar-refractivity contribution in [3.8, 4) is 11.5 Å². The Bertz CT molecular complexity index is 967. The normalized spacial score (nSPS) is 20.3. The molecule has 2 heterocycles. The number of carboxylic acid groups (broad SMARTS) is 1. The summed E-state index contributed by atoms with van der Waals surface area (Å²) in [7, 11) is 0. The van der Waals surface area contributed by atoms with Gasteiger partial charge >= 0.3 is 0 Å². The number of rotatable bonds is 7. The smallest absolute Gasteiger partial charge is 0.300 e. The van der Waals surface area contributed by atoms with Crippen LogP contribution in [0.1, 0.15) is 46.0 Å². The molecule has 7 heteroatoms. The van der Waals surface area contributed by atoms with Crippen molar-refractivity contribution in [2.24, 2.45) is 11.8 Å². The number of piperidine rings is 1. The molecule has 1 aliphatic carbocycles. The molecule has 0 amide bonds. The molecule has 5 rings (SSSR count). The van der Waals surface area contributed by atoms with E-state index in [0.717, 1.165) is 56.2 Å². The summed E-state index contributed by atoms with van der Waals surface area (Å²) in [6.45, 7) is 7.56. The van der Waals surface area contributed by atoms with Gasteiger partial charge in [0.2, 0.25) is 0 Å². The standard InChI is InChI=1S/C26H33FN2O2.C2H4O2/c1-2-30-24-9-10-25(27)26(17-24)28-15-12-23(13-16-28)31-22-7-5-21(6-8-22)29-14-11-20(18-29)19-3-4-19;1-2(3)4/h5-10,17,19-20,23H,2-4,11-16,18H2,1H3;1H3,(H,3,4). The number of hydrogen-bond donors (Lipinski definition) is 1. The number of carbonyl (C=O) groups is 1. The second kappa shape index (κ2) is 11.6. The third-order valence-electron chi connectivity index (χ3n) is 7.03. The van der Waals surface area contributed by atoms with Crippen molar-refractivity contribution in [2.45, 2.75) is 52.1 Å². The molecule has 0 radical (unpaired) electrons. The van der Waals surface area contributed by atoms with E-state index in [1.807, 2.05) is 13.0 Å². The highest BCUT2D eigenvalue weighted by Crippen LogP contribution is 2.42. The zero-order valence-electron chi connectivity index (χ0n) is 20.8. The Kier molecular flexibility index (Phi) is 8.37. The minimum Gasteiger partial charge on any atom is -0.494 e. The molecule has 1 atom stereocenters. The first kappa shape index (κ1) is 25.1. The van der Waals surface area contributed by atoms with E-state index in [1.165, 1.54) is 44.1 Å². The SMILES string of the molecule is CC(=O)O.CCOc1ccc(F)c(N2CCC(Oc3ccc(N4CCC(C5CC5)C4)cc3)CC2)c1. The number of hydrogen-bond acceptors (Lipinski definition) is 5. The van der Waals surface area contributed by atoms with Crippen LogP contribution in [0.5, 0.6) is 11.5 Å². The van der Waals surface area contributed by atoms with Crippen molar-refractivity contribution in [2.75, 3.05) is 42.6 Å². The zero-order valence-corrected chi connectivity index (χ0v) is 20.8. The van der Waals surface area contributed by atoms with Gasteiger partial charge in [0, 0.05) is 57.7 Å². The van der Waals surface area contributed by atoms with Crippen LogP contribution in [0.2, 0.25) is 0 Å². The van der Waals surface area contributed by atoms with Gasteiger partial charge in [-0.2, -0.15) is 0 Å². The van der Waals surface area contributed by atoms with Crippen molar-refractivity contribution in [3.63, 3.8) is 0 Å². The van der Waals surface area contributed by atoms with E-state index in [2.05, 4.69) is 34.1 Å². The van der Waals surface area contributed by atoms with E-state index in [0.29, 0.717) is 12.3 Å². The summed E-state index contributed by atoms with van der Waals surface area (Å²) in [4.78, 5) is 13.6. The van der Waals surface area contributed by atoms with Crippen LogP contribution in [-0.4, -0.2) is 50.0 Å². The zero-order chi connectivity index (χ0) is 24.8. The van der Waals surface area contributed by atoms with Crippen LogP contribution < -0.4 is 19.3 Å². The predicted molar refractivity (Wildman–Crippen MR) is 136 cm³/mol.